The minimum absolute atomic E-state index is 0.194. The number of nitrogens with two attached hydrogens (primary N) is 1. The molecule has 0 aliphatic heterocycles. The number of rotatable bonds is 5. The first-order valence-electron chi connectivity index (χ1n) is 3.56. The molecular formula is C7H15NO2. The Morgan fingerprint density at radius 3 is 2.60 bits per heavy atom. The van der Waals surface area contributed by atoms with Crippen molar-refractivity contribution >= 4 is 5.91 Å². The fraction of sp³-hybridized carbons (Fsp3) is 0.857. The summed E-state index contributed by atoms with van der Waals surface area (Å²) in [6, 6.07) is 0. The third-order valence-corrected chi connectivity index (χ3v) is 1.51. The second kappa shape index (κ2) is 5.23. The Labute approximate surface area is 61.2 Å². The van der Waals surface area contributed by atoms with Crippen LogP contribution in [0.2, 0.25) is 0 Å². The van der Waals surface area contributed by atoms with Gasteiger partial charge >= 0.3 is 0 Å². The Kier molecular flexibility index (Phi) is 4.94. The van der Waals surface area contributed by atoms with Crippen molar-refractivity contribution in [2.75, 3.05) is 6.61 Å². The average Bonchev–Trinajstić information content (AvgIpc) is 1.85. The minimum atomic E-state index is -0.259. The maximum absolute atomic E-state index is 10.3. The third-order valence-electron chi connectivity index (χ3n) is 1.51. The van der Waals surface area contributed by atoms with E-state index in [0.717, 1.165) is 12.8 Å². The van der Waals surface area contributed by atoms with E-state index in [2.05, 4.69) is 0 Å². The molecule has 10 heavy (non-hydrogen) atoms. The van der Waals surface area contributed by atoms with Gasteiger partial charge in [-0.25, -0.2) is 0 Å². The van der Waals surface area contributed by atoms with Crippen LogP contribution < -0.4 is 5.73 Å². The van der Waals surface area contributed by atoms with Crippen molar-refractivity contribution in [2.45, 2.75) is 26.2 Å². The van der Waals surface area contributed by atoms with E-state index in [-0.39, 0.29) is 12.5 Å². The summed E-state index contributed by atoms with van der Waals surface area (Å²) in [5.41, 5.74) is 4.94. The second-order valence-electron chi connectivity index (χ2n) is 2.62. The fourth-order valence-corrected chi connectivity index (χ4v) is 0.753. The smallest absolute Gasteiger partial charge is 0.217 e. The molecule has 3 heteroatoms. The molecule has 0 saturated heterocycles. The molecule has 0 fully saturated rings. The second-order valence-corrected chi connectivity index (χ2v) is 2.62. The topological polar surface area (TPSA) is 63.3 Å². The van der Waals surface area contributed by atoms with Crippen LogP contribution in [0.4, 0.5) is 0 Å². The molecule has 3 nitrogen and oxygen atoms in total. The van der Waals surface area contributed by atoms with Gasteiger partial charge in [-0.05, 0) is 18.8 Å². The largest absolute Gasteiger partial charge is 0.396 e. The van der Waals surface area contributed by atoms with Crippen molar-refractivity contribution in [3.8, 4) is 0 Å². The van der Waals surface area contributed by atoms with Gasteiger partial charge in [0.15, 0.2) is 0 Å². The van der Waals surface area contributed by atoms with Crippen LogP contribution in [0.5, 0.6) is 0 Å². The van der Waals surface area contributed by atoms with Gasteiger partial charge in [0.2, 0.25) is 5.91 Å². The lowest BCUT2D eigenvalue weighted by atomic mass is 10.0. The molecule has 1 atom stereocenters. The summed E-state index contributed by atoms with van der Waals surface area (Å²) in [4.78, 5) is 10.3. The van der Waals surface area contributed by atoms with Crippen LogP contribution >= 0.6 is 0 Å². The van der Waals surface area contributed by atoms with Gasteiger partial charge in [0.05, 0.1) is 0 Å². The number of amides is 1. The summed E-state index contributed by atoms with van der Waals surface area (Å²) in [5.74, 6) is 0.141. The summed E-state index contributed by atoms with van der Waals surface area (Å²) >= 11 is 0. The van der Waals surface area contributed by atoms with Crippen molar-refractivity contribution < 1.29 is 9.90 Å². The van der Waals surface area contributed by atoms with Crippen molar-refractivity contribution in [1.29, 1.82) is 0 Å². The van der Waals surface area contributed by atoms with Gasteiger partial charge in [-0.2, -0.15) is 0 Å². The molecule has 0 aromatic carbocycles. The number of primary amides is 1. The SMILES string of the molecule is CC(CCO)CCC(N)=O. The van der Waals surface area contributed by atoms with Gasteiger partial charge < -0.3 is 10.8 Å². The zero-order valence-corrected chi connectivity index (χ0v) is 6.34. The van der Waals surface area contributed by atoms with Gasteiger partial charge in [-0.3, -0.25) is 4.79 Å². The maximum atomic E-state index is 10.3. The number of aliphatic hydroxyl groups excluding tert-OH is 1. The monoisotopic (exact) mass is 145 g/mol. The Bertz CT molecular complexity index is 104. The highest BCUT2D eigenvalue weighted by Crippen LogP contribution is 2.08. The molecular weight excluding hydrogens is 130 g/mol. The molecule has 0 rings (SSSR count). The lowest BCUT2D eigenvalue weighted by Gasteiger charge is -2.06. The van der Waals surface area contributed by atoms with E-state index in [1.165, 1.54) is 0 Å². The van der Waals surface area contributed by atoms with Gasteiger partial charge in [0.1, 0.15) is 0 Å². The highest BCUT2D eigenvalue weighted by Gasteiger charge is 2.02. The van der Waals surface area contributed by atoms with E-state index < -0.39 is 0 Å². The molecule has 1 amide bonds. The molecule has 0 bridgehead atoms. The van der Waals surface area contributed by atoms with E-state index in [4.69, 9.17) is 10.8 Å². The Morgan fingerprint density at radius 2 is 2.20 bits per heavy atom. The molecule has 3 N–H and O–H groups in total. The van der Waals surface area contributed by atoms with Crippen molar-refractivity contribution in [2.24, 2.45) is 11.7 Å². The number of hydrogen-bond donors (Lipinski definition) is 2. The van der Waals surface area contributed by atoms with Crippen LogP contribution in [0.1, 0.15) is 26.2 Å². The predicted octanol–water partition coefficient (Wildman–Crippen LogP) is 0.270. The molecule has 0 spiro atoms. The van der Waals surface area contributed by atoms with Crippen LogP contribution in [0.25, 0.3) is 0 Å². The maximum Gasteiger partial charge on any atom is 0.217 e. The lowest BCUT2D eigenvalue weighted by Crippen LogP contribution is -2.12. The minimum Gasteiger partial charge on any atom is -0.396 e. The Balaban J connectivity index is 3.21. The number of hydrogen-bond acceptors (Lipinski definition) is 2. The summed E-state index contributed by atoms with van der Waals surface area (Å²) in [7, 11) is 0. The van der Waals surface area contributed by atoms with Crippen LogP contribution in [0, 0.1) is 5.92 Å². The Hall–Kier alpha value is -0.570. The lowest BCUT2D eigenvalue weighted by molar-refractivity contribution is -0.118. The first-order chi connectivity index (χ1) is 4.66. The van der Waals surface area contributed by atoms with Crippen molar-refractivity contribution in [1.82, 2.24) is 0 Å². The van der Waals surface area contributed by atoms with Crippen LogP contribution in [0.3, 0.4) is 0 Å². The van der Waals surface area contributed by atoms with E-state index in [1.54, 1.807) is 0 Å². The van der Waals surface area contributed by atoms with Gasteiger partial charge in [0, 0.05) is 13.0 Å². The third kappa shape index (κ3) is 5.56. The molecule has 0 heterocycles. The summed E-state index contributed by atoms with van der Waals surface area (Å²) < 4.78 is 0. The van der Waals surface area contributed by atoms with E-state index in [0.29, 0.717) is 12.3 Å². The molecule has 0 aliphatic carbocycles. The average molecular weight is 145 g/mol. The predicted molar refractivity (Wildman–Crippen MR) is 39.3 cm³/mol. The van der Waals surface area contributed by atoms with Crippen LogP contribution in [0.15, 0.2) is 0 Å². The molecule has 60 valence electrons. The molecule has 0 aromatic heterocycles. The number of carbonyl (C=O) groups is 1. The van der Waals surface area contributed by atoms with Crippen LogP contribution in [-0.4, -0.2) is 17.6 Å². The van der Waals surface area contributed by atoms with Gasteiger partial charge in [0.25, 0.3) is 0 Å². The van der Waals surface area contributed by atoms with Gasteiger partial charge in [-0.1, -0.05) is 6.92 Å². The highest BCUT2D eigenvalue weighted by molar-refractivity contribution is 5.73. The standard InChI is InChI=1S/C7H15NO2/c1-6(4-5-9)2-3-7(8)10/h6,9H,2-5H2,1H3,(H2,8,10). The molecule has 1 unspecified atom stereocenters. The summed E-state index contributed by atoms with van der Waals surface area (Å²) in [5, 5.41) is 8.49. The first kappa shape index (κ1) is 9.43. The van der Waals surface area contributed by atoms with E-state index >= 15 is 0 Å². The normalized spacial score (nSPS) is 13.0. The summed E-state index contributed by atoms with van der Waals surface area (Å²) in [6.45, 7) is 2.19. The molecule has 0 aromatic rings. The quantitative estimate of drug-likeness (QED) is 0.583. The number of carbonyl (C=O) groups excluding carboxylic acids is 1. The molecule has 0 saturated carbocycles. The molecule has 0 aliphatic rings. The Morgan fingerprint density at radius 1 is 1.60 bits per heavy atom. The first-order valence-corrected chi connectivity index (χ1v) is 3.56. The van der Waals surface area contributed by atoms with E-state index in [9.17, 15) is 4.79 Å². The van der Waals surface area contributed by atoms with E-state index in [1.807, 2.05) is 6.92 Å². The summed E-state index contributed by atoms with van der Waals surface area (Å²) in [6.07, 6.45) is 1.98. The zero-order chi connectivity index (χ0) is 7.98. The van der Waals surface area contributed by atoms with Crippen molar-refractivity contribution in [3.05, 3.63) is 0 Å². The molecule has 0 radical (unpaired) electrons. The fourth-order valence-electron chi connectivity index (χ4n) is 0.753. The van der Waals surface area contributed by atoms with Gasteiger partial charge in [-0.15, -0.1) is 0 Å². The van der Waals surface area contributed by atoms with Crippen molar-refractivity contribution in [3.63, 3.8) is 0 Å². The highest BCUT2D eigenvalue weighted by atomic mass is 16.3. The zero-order valence-electron chi connectivity index (χ0n) is 6.34. The number of aliphatic hydroxyl groups is 1. The van der Waals surface area contributed by atoms with Crippen LogP contribution in [-0.2, 0) is 4.79 Å².